The molecule has 4 aromatic rings. The van der Waals surface area contributed by atoms with Gasteiger partial charge >= 0.3 is 5.97 Å². The molecule has 0 radical (unpaired) electrons. The van der Waals surface area contributed by atoms with Crippen molar-refractivity contribution in [1.82, 2.24) is 15.0 Å². The van der Waals surface area contributed by atoms with Crippen LogP contribution in [0, 0.1) is 6.92 Å². The van der Waals surface area contributed by atoms with Crippen LogP contribution in [0.5, 0.6) is 0 Å². The van der Waals surface area contributed by atoms with Crippen molar-refractivity contribution in [1.29, 1.82) is 0 Å². The minimum Gasteiger partial charge on any atom is -0.466 e. The molecule has 1 aromatic heterocycles. The molecule has 0 aliphatic rings. The average molecular weight is 518 g/mol. The number of aromatic nitrogens is 3. The number of fused-ring (bicyclic) bond motifs is 1. The first-order valence-corrected chi connectivity index (χ1v) is 13.8. The number of carbonyl (C=O) groups excluding carboxylic acids is 1. The zero-order chi connectivity index (χ0) is 26.0. The Morgan fingerprint density at radius 2 is 1.65 bits per heavy atom. The van der Waals surface area contributed by atoms with E-state index < -0.39 is 0 Å². The minimum absolute atomic E-state index is 0.140. The molecule has 0 unspecified atom stereocenters. The molecule has 0 atom stereocenters. The quantitative estimate of drug-likeness (QED) is 0.134. The molecular formula is C31H36ClN3O2. The highest BCUT2D eigenvalue weighted by atomic mass is 35.5. The molecule has 0 spiro atoms. The fraction of sp³-hybridized carbons (Fsp3) is 0.387. The summed E-state index contributed by atoms with van der Waals surface area (Å²) >= 11 is 6.19. The van der Waals surface area contributed by atoms with Crippen molar-refractivity contribution in [2.45, 2.75) is 71.6 Å². The standard InChI is InChI=1S/C31H36ClN3O2/c1-3-4-5-6-7-11-18-37-31(36)17-14-25-19-23(2)27(20-24-12-9-8-10-13-24)30(21-25)35-33-28-16-15-26(32)22-29(28)34-35/h8-10,12-13,15-16,19,21-22H,3-7,11,14,17-18,20H2,1-2H3. The first-order valence-electron chi connectivity index (χ1n) is 13.4. The van der Waals surface area contributed by atoms with Crippen LogP contribution < -0.4 is 0 Å². The van der Waals surface area contributed by atoms with Gasteiger partial charge in [0.05, 0.1) is 12.3 Å². The van der Waals surface area contributed by atoms with E-state index >= 15 is 0 Å². The highest BCUT2D eigenvalue weighted by Crippen LogP contribution is 2.26. The Morgan fingerprint density at radius 3 is 2.46 bits per heavy atom. The lowest BCUT2D eigenvalue weighted by Crippen LogP contribution is -2.10. The molecule has 37 heavy (non-hydrogen) atoms. The van der Waals surface area contributed by atoms with Crippen LogP contribution in [0.15, 0.2) is 60.7 Å². The summed E-state index contributed by atoms with van der Waals surface area (Å²) < 4.78 is 5.49. The second-order valence-electron chi connectivity index (χ2n) is 9.68. The summed E-state index contributed by atoms with van der Waals surface area (Å²) in [5, 5.41) is 10.1. The summed E-state index contributed by atoms with van der Waals surface area (Å²) in [6.07, 6.45) is 8.80. The Labute approximate surface area is 224 Å². The summed E-state index contributed by atoms with van der Waals surface area (Å²) in [7, 11) is 0. The SMILES string of the molecule is CCCCCCCCOC(=O)CCc1cc(C)c(Cc2ccccc2)c(-n2nc3ccc(Cl)cc3n2)c1. The molecule has 0 saturated heterocycles. The van der Waals surface area contributed by atoms with Crippen molar-refractivity contribution in [2.24, 2.45) is 0 Å². The summed E-state index contributed by atoms with van der Waals surface area (Å²) in [6, 6.07) is 20.2. The molecule has 0 amide bonds. The van der Waals surface area contributed by atoms with Gasteiger partial charge in [-0.05, 0) is 72.7 Å². The van der Waals surface area contributed by atoms with Crippen LogP contribution >= 0.6 is 11.6 Å². The van der Waals surface area contributed by atoms with Crippen LogP contribution in [-0.2, 0) is 22.4 Å². The number of hydrogen-bond donors (Lipinski definition) is 0. The maximum absolute atomic E-state index is 12.4. The van der Waals surface area contributed by atoms with Crippen molar-refractivity contribution in [2.75, 3.05) is 6.61 Å². The Kier molecular flexibility index (Phi) is 9.72. The van der Waals surface area contributed by atoms with E-state index in [1.54, 1.807) is 4.80 Å². The van der Waals surface area contributed by atoms with E-state index in [4.69, 9.17) is 26.5 Å². The van der Waals surface area contributed by atoms with E-state index in [0.717, 1.165) is 52.7 Å². The summed E-state index contributed by atoms with van der Waals surface area (Å²) in [5.74, 6) is -0.140. The third-order valence-corrected chi connectivity index (χ3v) is 6.90. The molecule has 0 N–H and O–H groups in total. The van der Waals surface area contributed by atoms with E-state index in [9.17, 15) is 4.79 Å². The summed E-state index contributed by atoms with van der Waals surface area (Å²) in [5.41, 5.74) is 7.06. The van der Waals surface area contributed by atoms with Gasteiger partial charge in [-0.25, -0.2) is 0 Å². The van der Waals surface area contributed by atoms with Crippen molar-refractivity contribution in [3.05, 3.63) is 87.9 Å². The zero-order valence-corrected chi connectivity index (χ0v) is 22.6. The third-order valence-electron chi connectivity index (χ3n) is 6.67. The van der Waals surface area contributed by atoms with E-state index in [1.807, 2.05) is 24.3 Å². The predicted octanol–water partition coefficient (Wildman–Crippen LogP) is 7.81. The second-order valence-corrected chi connectivity index (χ2v) is 10.1. The number of halogens is 1. The predicted molar refractivity (Wildman–Crippen MR) is 151 cm³/mol. The summed E-state index contributed by atoms with van der Waals surface area (Å²) in [6.45, 7) is 4.84. The number of unbranched alkanes of at least 4 members (excludes halogenated alkanes) is 5. The van der Waals surface area contributed by atoms with Crippen molar-refractivity contribution < 1.29 is 9.53 Å². The normalized spacial score (nSPS) is 11.2. The van der Waals surface area contributed by atoms with Gasteiger partial charge < -0.3 is 4.74 Å². The molecule has 0 saturated carbocycles. The molecule has 6 heteroatoms. The molecule has 3 aromatic carbocycles. The number of ether oxygens (including phenoxy) is 1. The maximum atomic E-state index is 12.4. The number of nitrogens with zero attached hydrogens (tertiary/aromatic N) is 3. The van der Waals surface area contributed by atoms with E-state index in [0.29, 0.717) is 24.5 Å². The first-order chi connectivity index (χ1) is 18.0. The Bertz CT molecular complexity index is 1320. The molecule has 194 valence electrons. The van der Waals surface area contributed by atoms with Gasteiger partial charge in [0.25, 0.3) is 0 Å². The molecule has 0 aliphatic heterocycles. The number of hydrogen-bond acceptors (Lipinski definition) is 4. The third kappa shape index (κ3) is 7.65. The Morgan fingerprint density at radius 1 is 0.892 bits per heavy atom. The highest BCUT2D eigenvalue weighted by Gasteiger charge is 2.15. The lowest BCUT2D eigenvalue weighted by atomic mass is 9.95. The Hall–Kier alpha value is -3.18. The van der Waals surface area contributed by atoms with Crippen LogP contribution in [0.25, 0.3) is 16.7 Å². The van der Waals surface area contributed by atoms with Gasteiger partial charge in [0, 0.05) is 11.4 Å². The number of carbonyl (C=O) groups is 1. The largest absolute Gasteiger partial charge is 0.466 e. The second kappa shape index (κ2) is 13.4. The number of aryl methyl sites for hydroxylation is 2. The molecule has 0 fully saturated rings. The fourth-order valence-corrected chi connectivity index (χ4v) is 4.77. The van der Waals surface area contributed by atoms with Gasteiger partial charge in [0.2, 0.25) is 0 Å². The van der Waals surface area contributed by atoms with Gasteiger partial charge in [-0.3, -0.25) is 4.79 Å². The smallest absolute Gasteiger partial charge is 0.306 e. The molecule has 5 nitrogen and oxygen atoms in total. The zero-order valence-electron chi connectivity index (χ0n) is 21.9. The molecule has 1 heterocycles. The first kappa shape index (κ1) is 26.9. The fourth-order valence-electron chi connectivity index (χ4n) is 4.61. The molecule has 0 aliphatic carbocycles. The van der Waals surface area contributed by atoms with Gasteiger partial charge in [-0.1, -0.05) is 87.0 Å². The topological polar surface area (TPSA) is 57.0 Å². The van der Waals surface area contributed by atoms with E-state index in [2.05, 4.69) is 50.2 Å². The monoisotopic (exact) mass is 517 g/mol. The van der Waals surface area contributed by atoms with Gasteiger partial charge in [0.15, 0.2) is 0 Å². The summed E-state index contributed by atoms with van der Waals surface area (Å²) in [4.78, 5) is 14.1. The van der Waals surface area contributed by atoms with Crippen LogP contribution in [0.2, 0.25) is 5.02 Å². The lowest BCUT2D eigenvalue weighted by molar-refractivity contribution is -0.143. The van der Waals surface area contributed by atoms with Gasteiger partial charge in [-0.2, -0.15) is 4.80 Å². The lowest BCUT2D eigenvalue weighted by Gasteiger charge is -2.15. The number of rotatable bonds is 13. The highest BCUT2D eigenvalue weighted by molar-refractivity contribution is 6.31. The molecule has 0 bridgehead atoms. The van der Waals surface area contributed by atoms with Gasteiger partial charge in [-0.15, -0.1) is 10.2 Å². The van der Waals surface area contributed by atoms with Crippen molar-refractivity contribution in [3.8, 4) is 5.69 Å². The molecular weight excluding hydrogens is 482 g/mol. The maximum Gasteiger partial charge on any atom is 0.306 e. The Balaban J connectivity index is 1.49. The van der Waals surface area contributed by atoms with E-state index in [-0.39, 0.29) is 5.97 Å². The van der Waals surface area contributed by atoms with Gasteiger partial charge in [0.1, 0.15) is 11.0 Å². The van der Waals surface area contributed by atoms with Crippen LogP contribution in [0.3, 0.4) is 0 Å². The van der Waals surface area contributed by atoms with E-state index in [1.165, 1.54) is 31.2 Å². The van der Waals surface area contributed by atoms with Crippen LogP contribution in [-0.4, -0.2) is 27.6 Å². The van der Waals surface area contributed by atoms with Crippen molar-refractivity contribution in [3.63, 3.8) is 0 Å². The number of benzene rings is 3. The van der Waals surface area contributed by atoms with Crippen molar-refractivity contribution >= 4 is 28.6 Å². The molecule has 4 rings (SSSR count). The van der Waals surface area contributed by atoms with Crippen LogP contribution in [0.4, 0.5) is 0 Å². The average Bonchev–Trinajstić information content (AvgIpc) is 3.32. The minimum atomic E-state index is -0.140. The van der Waals surface area contributed by atoms with Crippen LogP contribution in [0.1, 0.15) is 74.1 Å². The number of esters is 1.